The minimum absolute atomic E-state index is 0.101. The number of thioether (sulfide) groups is 1. The van der Waals surface area contributed by atoms with Crippen LogP contribution in [0.2, 0.25) is 0 Å². The lowest BCUT2D eigenvalue weighted by atomic mass is 9.98. The van der Waals surface area contributed by atoms with Gasteiger partial charge in [0.05, 0.1) is 5.38 Å². The first-order chi connectivity index (χ1) is 9.04. The molecular weight excluding hydrogens is 340 g/mol. The first-order valence-corrected chi connectivity index (χ1v) is 8.53. The number of halogens is 2. The number of aryl methyl sites for hydroxylation is 2. The van der Waals surface area contributed by atoms with Crippen LogP contribution in [0.1, 0.15) is 27.6 Å². The average Bonchev–Trinajstić information content (AvgIpc) is 2.42. The van der Waals surface area contributed by atoms with Crippen molar-refractivity contribution in [3.8, 4) is 0 Å². The van der Waals surface area contributed by atoms with E-state index in [1.165, 1.54) is 27.1 Å². The highest BCUT2D eigenvalue weighted by Gasteiger charge is 2.17. The van der Waals surface area contributed by atoms with Gasteiger partial charge in [-0.3, -0.25) is 0 Å². The van der Waals surface area contributed by atoms with E-state index in [-0.39, 0.29) is 5.38 Å². The van der Waals surface area contributed by atoms with Crippen molar-refractivity contribution in [1.82, 2.24) is 0 Å². The Bertz CT molecular complexity index is 595. The van der Waals surface area contributed by atoms with E-state index in [1.807, 2.05) is 6.07 Å². The zero-order chi connectivity index (χ0) is 14.0. The summed E-state index contributed by atoms with van der Waals surface area (Å²) in [6.07, 6.45) is 2.09. The number of hydrogen-bond donors (Lipinski definition) is 0. The van der Waals surface area contributed by atoms with E-state index in [2.05, 4.69) is 66.4 Å². The van der Waals surface area contributed by atoms with Gasteiger partial charge in [0.15, 0.2) is 0 Å². The minimum Gasteiger partial charge on any atom is -0.129 e. The molecule has 0 spiro atoms. The molecule has 2 rings (SSSR count). The predicted octanol–water partition coefficient (Wildman–Crippen LogP) is 6.12. The maximum Gasteiger partial charge on any atom is 0.0848 e. The largest absolute Gasteiger partial charge is 0.129 e. The maximum atomic E-state index is 6.72. The lowest BCUT2D eigenvalue weighted by Crippen LogP contribution is -1.99. The minimum atomic E-state index is -0.101. The van der Waals surface area contributed by atoms with Crippen molar-refractivity contribution < 1.29 is 0 Å². The summed E-state index contributed by atoms with van der Waals surface area (Å²) in [7, 11) is 0. The fraction of sp³-hybridized carbons (Fsp3) is 0.250. The van der Waals surface area contributed by atoms with Gasteiger partial charge in [-0.2, -0.15) is 0 Å². The van der Waals surface area contributed by atoms with E-state index >= 15 is 0 Å². The van der Waals surface area contributed by atoms with Crippen LogP contribution in [0.4, 0.5) is 0 Å². The number of alkyl halides is 1. The Balaban J connectivity index is 2.50. The second-order valence-corrected chi connectivity index (χ2v) is 6.70. The molecule has 0 nitrogen and oxygen atoms in total. The van der Waals surface area contributed by atoms with E-state index in [9.17, 15) is 0 Å². The molecule has 0 saturated carbocycles. The summed E-state index contributed by atoms with van der Waals surface area (Å²) in [6.45, 7) is 4.20. The van der Waals surface area contributed by atoms with Crippen LogP contribution < -0.4 is 0 Å². The lowest BCUT2D eigenvalue weighted by molar-refractivity contribution is 1.06. The van der Waals surface area contributed by atoms with Crippen LogP contribution in [0.15, 0.2) is 45.8 Å². The van der Waals surface area contributed by atoms with Crippen molar-refractivity contribution in [3.05, 3.63) is 63.1 Å². The van der Waals surface area contributed by atoms with Gasteiger partial charge in [-0.1, -0.05) is 40.2 Å². The highest BCUT2D eigenvalue weighted by atomic mass is 79.9. The normalized spacial score (nSPS) is 12.5. The van der Waals surface area contributed by atoms with Crippen molar-refractivity contribution >= 4 is 39.3 Å². The molecule has 0 aromatic heterocycles. The van der Waals surface area contributed by atoms with Gasteiger partial charge in [0, 0.05) is 9.37 Å². The van der Waals surface area contributed by atoms with Gasteiger partial charge in [0.2, 0.25) is 0 Å². The average molecular weight is 356 g/mol. The molecule has 2 aromatic carbocycles. The van der Waals surface area contributed by atoms with Gasteiger partial charge < -0.3 is 0 Å². The van der Waals surface area contributed by atoms with E-state index in [0.717, 1.165) is 4.47 Å². The summed E-state index contributed by atoms with van der Waals surface area (Å²) in [5, 5.41) is -0.101. The SMILES string of the molecule is CSc1ccccc1C(Cl)c1cc(C)c(Br)cc1C. The summed E-state index contributed by atoms with van der Waals surface area (Å²) in [6, 6.07) is 12.6. The topological polar surface area (TPSA) is 0 Å². The first-order valence-electron chi connectivity index (χ1n) is 6.08. The molecule has 0 aliphatic heterocycles. The lowest BCUT2D eigenvalue weighted by Gasteiger charge is -2.17. The van der Waals surface area contributed by atoms with Crippen molar-refractivity contribution in [3.63, 3.8) is 0 Å². The molecule has 1 unspecified atom stereocenters. The molecule has 0 fully saturated rings. The molecule has 0 aliphatic carbocycles. The second kappa shape index (κ2) is 6.34. The summed E-state index contributed by atoms with van der Waals surface area (Å²) < 4.78 is 1.13. The van der Waals surface area contributed by atoms with Crippen LogP contribution in [-0.4, -0.2) is 6.26 Å². The Morgan fingerprint density at radius 3 is 2.42 bits per heavy atom. The molecule has 0 bridgehead atoms. The molecule has 0 N–H and O–H groups in total. The Morgan fingerprint density at radius 2 is 1.74 bits per heavy atom. The third-order valence-corrected chi connectivity index (χ3v) is 5.37. The predicted molar refractivity (Wildman–Crippen MR) is 89.5 cm³/mol. The third-order valence-electron chi connectivity index (χ3n) is 3.23. The molecule has 0 aliphatic rings. The third kappa shape index (κ3) is 3.18. The Morgan fingerprint density at radius 1 is 1.05 bits per heavy atom. The highest BCUT2D eigenvalue weighted by molar-refractivity contribution is 9.10. The molecule has 0 saturated heterocycles. The molecule has 1 atom stereocenters. The van der Waals surface area contributed by atoms with Gasteiger partial charge in [-0.25, -0.2) is 0 Å². The smallest absolute Gasteiger partial charge is 0.0848 e. The molecule has 0 amide bonds. The fourth-order valence-corrected chi connectivity index (χ4v) is 3.70. The Labute approximate surface area is 132 Å². The molecule has 0 heterocycles. The van der Waals surface area contributed by atoms with Gasteiger partial charge in [-0.05, 0) is 54.5 Å². The van der Waals surface area contributed by atoms with Crippen LogP contribution in [-0.2, 0) is 0 Å². The summed E-state index contributed by atoms with van der Waals surface area (Å²) in [5.74, 6) is 0. The molecule has 100 valence electrons. The van der Waals surface area contributed by atoms with Gasteiger partial charge in [0.25, 0.3) is 0 Å². The quantitative estimate of drug-likeness (QED) is 0.472. The van der Waals surface area contributed by atoms with Crippen LogP contribution in [0.5, 0.6) is 0 Å². The van der Waals surface area contributed by atoms with Crippen LogP contribution >= 0.6 is 39.3 Å². The highest BCUT2D eigenvalue weighted by Crippen LogP contribution is 2.37. The zero-order valence-electron chi connectivity index (χ0n) is 11.2. The van der Waals surface area contributed by atoms with E-state index in [0.29, 0.717) is 0 Å². The van der Waals surface area contributed by atoms with Crippen LogP contribution in [0, 0.1) is 13.8 Å². The van der Waals surface area contributed by atoms with E-state index in [4.69, 9.17) is 11.6 Å². The standard InChI is InChI=1S/C16H16BrClS/c1-10-9-14(17)11(2)8-13(10)16(18)12-6-4-5-7-15(12)19-3/h4-9,16H,1-3H3. The molecule has 19 heavy (non-hydrogen) atoms. The van der Waals surface area contributed by atoms with E-state index < -0.39 is 0 Å². The van der Waals surface area contributed by atoms with Crippen molar-refractivity contribution in [1.29, 1.82) is 0 Å². The van der Waals surface area contributed by atoms with Crippen molar-refractivity contribution in [2.75, 3.05) is 6.26 Å². The van der Waals surface area contributed by atoms with E-state index in [1.54, 1.807) is 11.8 Å². The number of rotatable bonds is 3. The monoisotopic (exact) mass is 354 g/mol. The van der Waals surface area contributed by atoms with Crippen LogP contribution in [0.3, 0.4) is 0 Å². The van der Waals surface area contributed by atoms with Gasteiger partial charge >= 0.3 is 0 Å². The van der Waals surface area contributed by atoms with Gasteiger partial charge in [-0.15, -0.1) is 23.4 Å². The van der Waals surface area contributed by atoms with Crippen molar-refractivity contribution in [2.24, 2.45) is 0 Å². The molecule has 0 radical (unpaired) electrons. The number of benzene rings is 2. The maximum absolute atomic E-state index is 6.72. The molecule has 2 aromatic rings. The summed E-state index contributed by atoms with van der Waals surface area (Å²) in [4.78, 5) is 1.24. The Kier molecular flexibility index (Phi) is 4.99. The number of hydrogen-bond acceptors (Lipinski definition) is 1. The molecular formula is C16H16BrClS. The zero-order valence-corrected chi connectivity index (χ0v) is 14.4. The Hall–Kier alpha value is -0.440. The summed E-state index contributed by atoms with van der Waals surface area (Å²) in [5.41, 5.74) is 4.80. The molecule has 3 heteroatoms. The first kappa shape index (κ1) is 15.0. The van der Waals surface area contributed by atoms with Crippen molar-refractivity contribution in [2.45, 2.75) is 24.1 Å². The second-order valence-electron chi connectivity index (χ2n) is 4.56. The van der Waals surface area contributed by atoms with Crippen LogP contribution in [0.25, 0.3) is 0 Å². The summed E-state index contributed by atoms with van der Waals surface area (Å²) >= 11 is 12.0. The fourth-order valence-electron chi connectivity index (χ4n) is 2.12. The van der Waals surface area contributed by atoms with Gasteiger partial charge in [0.1, 0.15) is 0 Å².